The van der Waals surface area contributed by atoms with Crippen molar-refractivity contribution in [3.05, 3.63) is 11.6 Å². The highest BCUT2D eigenvalue weighted by atomic mass is 16.5. The lowest BCUT2D eigenvalue weighted by Crippen LogP contribution is -2.07. The maximum atomic E-state index is 11.2. The van der Waals surface area contributed by atoms with Gasteiger partial charge in [0.1, 0.15) is 0 Å². The summed E-state index contributed by atoms with van der Waals surface area (Å²) in [6.45, 7) is 6.37. The molecule has 0 radical (unpaired) electrons. The second kappa shape index (κ2) is 6.89. The van der Waals surface area contributed by atoms with Crippen molar-refractivity contribution in [1.82, 2.24) is 0 Å². The Kier molecular flexibility index (Phi) is 6.44. The van der Waals surface area contributed by atoms with Gasteiger partial charge in [-0.25, -0.2) is 4.79 Å². The van der Waals surface area contributed by atoms with Crippen LogP contribution >= 0.6 is 0 Å². The second-order valence-corrected chi connectivity index (χ2v) is 2.61. The highest BCUT2D eigenvalue weighted by Crippen LogP contribution is 2.08. The van der Waals surface area contributed by atoms with Crippen LogP contribution in [0.25, 0.3) is 0 Å². The van der Waals surface area contributed by atoms with E-state index in [9.17, 15) is 4.79 Å². The van der Waals surface area contributed by atoms with Gasteiger partial charge in [0.05, 0.1) is 6.61 Å². The molecule has 0 amide bonds. The zero-order chi connectivity index (χ0) is 9.40. The molecule has 12 heavy (non-hydrogen) atoms. The van der Waals surface area contributed by atoms with Crippen LogP contribution in [-0.4, -0.2) is 12.6 Å². The molecule has 2 nitrogen and oxygen atoms in total. The van der Waals surface area contributed by atoms with E-state index in [0.717, 1.165) is 24.8 Å². The summed E-state index contributed by atoms with van der Waals surface area (Å²) in [4.78, 5) is 11.2. The summed E-state index contributed by atoms with van der Waals surface area (Å²) in [6, 6.07) is 0. The van der Waals surface area contributed by atoms with Crippen LogP contribution < -0.4 is 0 Å². The van der Waals surface area contributed by atoms with Crippen molar-refractivity contribution >= 4 is 5.97 Å². The average molecular weight is 170 g/mol. The summed E-state index contributed by atoms with van der Waals surface area (Å²) >= 11 is 0. The van der Waals surface area contributed by atoms with Gasteiger partial charge >= 0.3 is 5.97 Å². The molecule has 0 heterocycles. The van der Waals surface area contributed by atoms with Crippen LogP contribution in [0.15, 0.2) is 11.6 Å². The number of rotatable bonds is 5. The van der Waals surface area contributed by atoms with Gasteiger partial charge in [0.15, 0.2) is 0 Å². The number of carbonyl (C=O) groups excluding carboxylic acids is 1. The third kappa shape index (κ3) is 4.16. The lowest BCUT2D eigenvalue weighted by atomic mass is 10.1. The van der Waals surface area contributed by atoms with E-state index in [4.69, 9.17) is 4.74 Å². The lowest BCUT2D eigenvalue weighted by molar-refractivity contribution is -0.138. The molecule has 0 aliphatic rings. The van der Waals surface area contributed by atoms with E-state index in [2.05, 4.69) is 6.92 Å². The molecule has 0 spiro atoms. The van der Waals surface area contributed by atoms with E-state index in [1.54, 1.807) is 0 Å². The summed E-state index contributed by atoms with van der Waals surface area (Å²) in [5.41, 5.74) is 0.821. The Bertz CT molecular complexity index is 159. The summed E-state index contributed by atoms with van der Waals surface area (Å²) in [6.07, 6.45) is 4.66. The van der Waals surface area contributed by atoms with Gasteiger partial charge < -0.3 is 4.74 Å². The fourth-order valence-electron chi connectivity index (χ4n) is 1.03. The number of allylic oxidation sites excluding steroid dienone is 1. The molecule has 0 bridgehead atoms. The van der Waals surface area contributed by atoms with Crippen LogP contribution in [0.3, 0.4) is 0 Å². The first-order valence-electron chi connectivity index (χ1n) is 4.62. The Balaban J connectivity index is 4.09. The van der Waals surface area contributed by atoms with Crippen molar-refractivity contribution in [2.45, 2.75) is 40.0 Å². The molecule has 0 aliphatic carbocycles. The van der Waals surface area contributed by atoms with Gasteiger partial charge in [0.25, 0.3) is 0 Å². The second-order valence-electron chi connectivity index (χ2n) is 2.61. The molecule has 0 unspecified atom stereocenters. The summed E-state index contributed by atoms with van der Waals surface area (Å²) in [7, 11) is 0. The van der Waals surface area contributed by atoms with Gasteiger partial charge in [0.2, 0.25) is 0 Å². The summed E-state index contributed by atoms with van der Waals surface area (Å²) < 4.78 is 4.90. The predicted molar refractivity (Wildman–Crippen MR) is 49.9 cm³/mol. The van der Waals surface area contributed by atoms with Crippen molar-refractivity contribution < 1.29 is 9.53 Å². The standard InChI is InChI=1S/C10H18O2/c1-4-7-9(8-5-2)10(11)12-6-3/h7H,4-6,8H2,1-3H3/b9-7+. The maximum absolute atomic E-state index is 11.2. The molecule has 0 aliphatic heterocycles. The van der Waals surface area contributed by atoms with Crippen molar-refractivity contribution in [2.24, 2.45) is 0 Å². The van der Waals surface area contributed by atoms with E-state index < -0.39 is 0 Å². The predicted octanol–water partition coefficient (Wildman–Crippen LogP) is 2.69. The quantitative estimate of drug-likeness (QED) is 0.468. The smallest absolute Gasteiger partial charge is 0.333 e. The van der Waals surface area contributed by atoms with Crippen LogP contribution in [0.4, 0.5) is 0 Å². The molecule has 0 aromatic carbocycles. The van der Waals surface area contributed by atoms with Crippen LogP contribution in [-0.2, 0) is 9.53 Å². The number of esters is 1. The highest BCUT2D eigenvalue weighted by Gasteiger charge is 2.07. The minimum atomic E-state index is -0.152. The Morgan fingerprint density at radius 1 is 1.33 bits per heavy atom. The number of ether oxygens (including phenoxy) is 1. The fourth-order valence-corrected chi connectivity index (χ4v) is 1.03. The van der Waals surface area contributed by atoms with Gasteiger partial charge in [-0.1, -0.05) is 26.3 Å². The van der Waals surface area contributed by atoms with Crippen molar-refractivity contribution in [3.8, 4) is 0 Å². The van der Waals surface area contributed by atoms with Crippen LogP contribution in [0.5, 0.6) is 0 Å². The zero-order valence-corrected chi connectivity index (χ0v) is 8.22. The lowest BCUT2D eigenvalue weighted by Gasteiger charge is -2.04. The molecular weight excluding hydrogens is 152 g/mol. The molecular formula is C10H18O2. The van der Waals surface area contributed by atoms with Crippen LogP contribution in [0.1, 0.15) is 40.0 Å². The number of hydrogen-bond acceptors (Lipinski definition) is 2. The normalized spacial score (nSPS) is 11.4. The molecule has 0 aromatic rings. The van der Waals surface area contributed by atoms with Gasteiger partial charge in [-0.3, -0.25) is 0 Å². The topological polar surface area (TPSA) is 26.3 Å². The van der Waals surface area contributed by atoms with E-state index in [1.165, 1.54) is 0 Å². The Labute approximate surface area is 74.6 Å². The molecule has 2 heteroatoms. The van der Waals surface area contributed by atoms with E-state index >= 15 is 0 Å². The Hall–Kier alpha value is -0.790. The molecule has 0 rings (SSSR count). The average Bonchev–Trinajstić information content (AvgIpc) is 2.04. The number of hydrogen-bond donors (Lipinski definition) is 0. The van der Waals surface area contributed by atoms with Crippen molar-refractivity contribution in [3.63, 3.8) is 0 Å². The summed E-state index contributed by atoms with van der Waals surface area (Å²) in [5.74, 6) is -0.152. The minimum absolute atomic E-state index is 0.152. The van der Waals surface area contributed by atoms with E-state index in [-0.39, 0.29) is 5.97 Å². The first-order valence-corrected chi connectivity index (χ1v) is 4.62. The molecule has 0 saturated heterocycles. The molecule has 0 atom stereocenters. The van der Waals surface area contributed by atoms with Crippen molar-refractivity contribution in [1.29, 1.82) is 0 Å². The molecule has 0 saturated carbocycles. The van der Waals surface area contributed by atoms with Crippen LogP contribution in [0, 0.1) is 0 Å². The molecule has 0 aromatic heterocycles. The third-order valence-corrected chi connectivity index (χ3v) is 1.51. The van der Waals surface area contributed by atoms with Gasteiger partial charge in [-0.2, -0.15) is 0 Å². The maximum Gasteiger partial charge on any atom is 0.333 e. The van der Waals surface area contributed by atoms with Crippen LogP contribution in [0.2, 0.25) is 0 Å². The van der Waals surface area contributed by atoms with Gasteiger partial charge in [-0.05, 0) is 19.8 Å². The first kappa shape index (κ1) is 11.2. The third-order valence-electron chi connectivity index (χ3n) is 1.51. The van der Waals surface area contributed by atoms with E-state index in [1.807, 2.05) is 19.9 Å². The van der Waals surface area contributed by atoms with Gasteiger partial charge in [-0.15, -0.1) is 0 Å². The number of carbonyl (C=O) groups is 1. The zero-order valence-electron chi connectivity index (χ0n) is 8.22. The fraction of sp³-hybridized carbons (Fsp3) is 0.700. The van der Waals surface area contributed by atoms with Gasteiger partial charge in [0, 0.05) is 5.57 Å². The van der Waals surface area contributed by atoms with Crippen molar-refractivity contribution in [2.75, 3.05) is 6.61 Å². The molecule has 70 valence electrons. The minimum Gasteiger partial charge on any atom is -0.463 e. The SMILES string of the molecule is CC/C=C(\CCC)C(=O)OCC. The first-order chi connectivity index (χ1) is 5.76. The molecule has 0 N–H and O–H groups in total. The monoisotopic (exact) mass is 170 g/mol. The Morgan fingerprint density at radius 3 is 2.42 bits per heavy atom. The highest BCUT2D eigenvalue weighted by molar-refractivity contribution is 5.88. The van der Waals surface area contributed by atoms with E-state index in [0.29, 0.717) is 6.61 Å². The Morgan fingerprint density at radius 2 is 2.00 bits per heavy atom. The largest absolute Gasteiger partial charge is 0.463 e. The molecule has 0 fully saturated rings. The summed E-state index contributed by atoms with van der Waals surface area (Å²) in [5, 5.41) is 0.